The molecule has 2 aromatic carbocycles. The monoisotopic (exact) mass is 525 g/mol. The number of nitrogens with zero attached hydrogens (tertiary/aromatic N) is 1. The topological polar surface area (TPSA) is 131 Å². The predicted molar refractivity (Wildman–Crippen MR) is 136 cm³/mol. The number of aromatic amines is 1. The molecular weight excluding hydrogens is 502 g/mol. The second-order valence-electron chi connectivity index (χ2n) is 7.59. The van der Waals surface area contributed by atoms with Crippen LogP contribution in [0.25, 0.3) is 5.70 Å². The highest BCUT2D eigenvalue weighted by Crippen LogP contribution is 2.22. The van der Waals surface area contributed by atoms with E-state index in [0.717, 1.165) is 16.9 Å². The SMILES string of the molecule is C=C(NOCCOc1ccc(Cc2sc(=O)[nH]c2O)cc1)c1ccc(S(=O)(=O)c2ccccc2)nc1. The van der Waals surface area contributed by atoms with E-state index in [-0.39, 0.29) is 33.9 Å². The molecule has 0 aliphatic carbocycles. The van der Waals surface area contributed by atoms with Crippen molar-refractivity contribution in [2.45, 2.75) is 16.3 Å². The maximum atomic E-state index is 12.6. The van der Waals surface area contributed by atoms with Crippen molar-refractivity contribution in [3.63, 3.8) is 0 Å². The smallest absolute Gasteiger partial charge is 0.307 e. The highest BCUT2D eigenvalue weighted by atomic mass is 32.2. The first-order valence-corrected chi connectivity index (χ1v) is 13.1. The summed E-state index contributed by atoms with van der Waals surface area (Å²) in [6.07, 6.45) is 1.86. The van der Waals surface area contributed by atoms with Crippen LogP contribution >= 0.6 is 11.3 Å². The summed E-state index contributed by atoms with van der Waals surface area (Å²) < 4.78 is 30.9. The van der Waals surface area contributed by atoms with Gasteiger partial charge in [-0.2, -0.15) is 0 Å². The Hall–Kier alpha value is -3.93. The maximum Gasteiger partial charge on any atom is 0.307 e. The van der Waals surface area contributed by atoms with Crippen molar-refractivity contribution in [3.05, 3.63) is 105 Å². The number of pyridine rings is 1. The standard InChI is InChI=1S/C25H23N3O6S2/c1-17(19-9-12-23(26-16-19)36(31,32)21-5-3-2-4-6-21)28-34-14-13-33-20-10-7-18(8-11-20)15-22-24(29)27-25(30)35-22/h2-12,16,28-29H,1,13-15H2,(H,27,30). The van der Waals surface area contributed by atoms with Crippen LogP contribution in [0.1, 0.15) is 16.0 Å². The van der Waals surface area contributed by atoms with Crippen molar-refractivity contribution in [1.82, 2.24) is 15.4 Å². The van der Waals surface area contributed by atoms with Gasteiger partial charge in [0.15, 0.2) is 5.03 Å². The molecule has 0 saturated heterocycles. The first kappa shape index (κ1) is 25.2. The van der Waals surface area contributed by atoms with Crippen LogP contribution in [0.4, 0.5) is 0 Å². The van der Waals surface area contributed by atoms with E-state index >= 15 is 0 Å². The molecule has 36 heavy (non-hydrogen) atoms. The number of thiazole rings is 1. The van der Waals surface area contributed by atoms with Gasteiger partial charge < -0.3 is 9.84 Å². The molecule has 2 aromatic heterocycles. The average molecular weight is 526 g/mol. The number of aromatic hydroxyl groups is 1. The van der Waals surface area contributed by atoms with Crippen molar-refractivity contribution in [2.75, 3.05) is 13.2 Å². The zero-order valence-electron chi connectivity index (χ0n) is 19.0. The van der Waals surface area contributed by atoms with Gasteiger partial charge in [-0.1, -0.05) is 48.2 Å². The summed E-state index contributed by atoms with van der Waals surface area (Å²) in [5.41, 5.74) is 4.64. The summed E-state index contributed by atoms with van der Waals surface area (Å²) in [6.45, 7) is 4.37. The number of hydrogen-bond acceptors (Lipinski definition) is 9. The number of hydrogen-bond donors (Lipinski definition) is 3. The van der Waals surface area contributed by atoms with Crippen LogP contribution in [-0.4, -0.2) is 36.7 Å². The number of hydroxylamine groups is 1. The fraction of sp³-hybridized carbons (Fsp3) is 0.120. The van der Waals surface area contributed by atoms with Gasteiger partial charge in [-0.25, -0.2) is 13.4 Å². The summed E-state index contributed by atoms with van der Waals surface area (Å²) in [7, 11) is -3.69. The van der Waals surface area contributed by atoms with Crippen molar-refractivity contribution in [1.29, 1.82) is 0 Å². The van der Waals surface area contributed by atoms with Gasteiger partial charge in [0, 0.05) is 18.2 Å². The minimum Gasteiger partial charge on any atom is -0.494 e. The first-order valence-electron chi connectivity index (χ1n) is 10.8. The number of aromatic nitrogens is 2. The van der Waals surface area contributed by atoms with E-state index in [1.165, 1.54) is 24.4 Å². The Balaban J connectivity index is 1.21. The fourth-order valence-corrected chi connectivity index (χ4v) is 5.15. The van der Waals surface area contributed by atoms with Gasteiger partial charge in [-0.3, -0.25) is 20.1 Å². The molecular formula is C25H23N3O6S2. The van der Waals surface area contributed by atoms with Crippen LogP contribution in [0.2, 0.25) is 0 Å². The van der Waals surface area contributed by atoms with E-state index in [1.54, 1.807) is 36.4 Å². The van der Waals surface area contributed by atoms with Crippen LogP contribution in [0.3, 0.4) is 0 Å². The summed E-state index contributed by atoms with van der Waals surface area (Å²) in [5.74, 6) is 0.549. The van der Waals surface area contributed by atoms with E-state index < -0.39 is 9.84 Å². The Bertz CT molecular complexity index is 1480. The molecule has 2 heterocycles. The number of H-pyrrole nitrogens is 1. The Morgan fingerprint density at radius 1 is 1.06 bits per heavy atom. The van der Waals surface area contributed by atoms with E-state index in [0.29, 0.717) is 28.3 Å². The molecule has 9 nitrogen and oxygen atoms in total. The molecule has 3 N–H and O–H groups in total. The third-order valence-corrected chi connectivity index (χ3v) is 7.61. The number of ether oxygens (including phenoxy) is 1. The molecule has 4 rings (SSSR count). The van der Waals surface area contributed by atoms with Crippen LogP contribution < -0.4 is 15.1 Å². The predicted octanol–water partition coefficient (Wildman–Crippen LogP) is 3.53. The Labute approximate surface area is 211 Å². The van der Waals surface area contributed by atoms with Gasteiger partial charge in [0.05, 0.1) is 15.5 Å². The second-order valence-corrected chi connectivity index (χ2v) is 10.6. The summed E-state index contributed by atoms with van der Waals surface area (Å²) in [5, 5.41) is 9.64. The molecule has 0 aliphatic rings. The maximum absolute atomic E-state index is 12.6. The normalized spacial score (nSPS) is 11.2. The molecule has 0 unspecified atom stereocenters. The highest BCUT2D eigenvalue weighted by molar-refractivity contribution is 7.91. The lowest BCUT2D eigenvalue weighted by atomic mass is 10.1. The largest absolute Gasteiger partial charge is 0.494 e. The van der Waals surface area contributed by atoms with E-state index in [1.807, 2.05) is 12.1 Å². The molecule has 0 bridgehead atoms. The minimum absolute atomic E-state index is 0.0498. The molecule has 4 aromatic rings. The first-order chi connectivity index (χ1) is 17.3. The van der Waals surface area contributed by atoms with Gasteiger partial charge in [-0.15, -0.1) is 0 Å². The quantitative estimate of drug-likeness (QED) is 0.200. The minimum atomic E-state index is -3.69. The van der Waals surface area contributed by atoms with E-state index in [9.17, 15) is 18.3 Å². The zero-order chi connectivity index (χ0) is 25.5. The number of rotatable bonds is 11. The van der Waals surface area contributed by atoms with E-state index in [2.05, 4.69) is 22.0 Å². The van der Waals surface area contributed by atoms with Gasteiger partial charge >= 0.3 is 4.87 Å². The summed E-state index contributed by atoms with van der Waals surface area (Å²) in [6, 6.07) is 18.4. The lowest BCUT2D eigenvalue weighted by Crippen LogP contribution is -2.17. The van der Waals surface area contributed by atoms with Crippen molar-refractivity contribution >= 4 is 26.9 Å². The Morgan fingerprint density at radius 2 is 1.81 bits per heavy atom. The van der Waals surface area contributed by atoms with Crippen molar-refractivity contribution < 1.29 is 23.1 Å². The zero-order valence-corrected chi connectivity index (χ0v) is 20.6. The number of nitrogens with one attached hydrogen (secondary N) is 2. The van der Waals surface area contributed by atoms with Crippen LogP contribution in [-0.2, 0) is 21.1 Å². The van der Waals surface area contributed by atoms with Crippen LogP contribution in [0.15, 0.2) is 94.2 Å². The van der Waals surface area contributed by atoms with Crippen molar-refractivity contribution in [3.8, 4) is 11.6 Å². The fourth-order valence-electron chi connectivity index (χ4n) is 3.20. The molecule has 11 heteroatoms. The molecule has 0 fully saturated rings. The molecule has 0 atom stereocenters. The molecule has 0 radical (unpaired) electrons. The summed E-state index contributed by atoms with van der Waals surface area (Å²) >= 11 is 0.980. The lowest BCUT2D eigenvalue weighted by Gasteiger charge is -2.11. The molecule has 186 valence electrons. The lowest BCUT2D eigenvalue weighted by molar-refractivity contribution is 0.0541. The summed E-state index contributed by atoms with van der Waals surface area (Å²) in [4.78, 5) is 23.6. The van der Waals surface area contributed by atoms with Crippen molar-refractivity contribution in [2.24, 2.45) is 0 Å². The van der Waals surface area contributed by atoms with Crippen LogP contribution in [0, 0.1) is 0 Å². The van der Waals surface area contributed by atoms with Gasteiger partial charge in [0.1, 0.15) is 19.0 Å². The molecule has 0 saturated carbocycles. The van der Waals surface area contributed by atoms with Gasteiger partial charge in [0.25, 0.3) is 0 Å². The molecule has 0 aliphatic heterocycles. The second kappa shape index (κ2) is 11.2. The highest BCUT2D eigenvalue weighted by Gasteiger charge is 2.18. The number of benzene rings is 2. The van der Waals surface area contributed by atoms with Gasteiger partial charge in [0.2, 0.25) is 15.7 Å². The Morgan fingerprint density at radius 3 is 2.44 bits per heavy atom. The molecule has 0 amide bonds. The van der Waals surface area contributed by atoms with Gasteiger partial charge in [-0.05, 0) is 42.0 Å². The van der Waals surface area contributed by atoms with E-state index in [4.69, 9.17) is 9.57 Å². The average Bonchev–Trinajstić information content (AvgIpc) is 3.21. The number of sulfone groups is 1. The van der Waals surface area contributed by atoms with Crippen LogP contribution in [0.5, 0.6) is 11.6 Å². The molecule has 0 spiro atoms. The third-order valence-electron chi connectivity index (χ3n) is 5.05. The third kappa shape index (κ3) is 6.19. The Kier molecular flexibility index (Phi) is 7.84.